The van der Waals surface area contributed by atoms with Gasteiger partial charge >= 0.3 is 0 Å². The van der Waals surface area contributed by atoms with Gasteiger partial charge in [-0.1, -0.05) is 18.2 Å². The SMILES string of the molecule is CC1=COC2=CC(=O)C(=O)c3cccc1c32. The fraction of sp³-hybridized carbons (Fsp3) is 0.0769. The fourth-order valence-electron chi connectivity index (χ4n) is 2.03. The molecule has 0 N–H and O–H groups in total. The number of ketones is 2. The molecule has 78 valence electrons. The van der Waals surface area contributed by atoms with Crippen LogP contribution in [-0.4, -0.2) is 11.6 Å². The molecule has 1 aliphatic heterocycles. The Balaban J connectivity index is 2.40. The predicted octanol–water partition coefficient (Wildman–Crippen LogP) is 2.18. The molecule has 3 nitrogen and oxygen atoms in total. The summed E-state index contributed by atoms with van der Waals surface area (Å²) in [6.45, 7) is 1.91. The van der Waals surface area contributed by atoms with E-state index in [-0.39, 0.29) is 0 Å². The highest BCUT2D eigenvalue weighted by Crippen LogP contribution is 2.36. The maximum Gasteiger partial charge on any atom is 0.233 e. The monoisotopic (exact) mass is 212 g/mol. The number of hydrogen-bond donors (Lipinski definition) is 0. The van der Waals surface area contributed by atoms with Gasteiger partial charge < -0.3 is 4.74 Å². The van der Waals surface area contributed by atoms with Crippen molar-refractivity contribution in [3.8, 4) is 0 Å². The number of carbonyl (C=O) groups is 2. The Morgan fingerprint density at radius 3 is 2.69 bits per heavy atom. The van der Waals surface area contributed by atoms with Crippen LogP contribution in [0.1, 0.15) is 28.4 Å². The molecule has 0 bridgehead atoms. The third kappa shape index (κ3) is 1.03. The topological polar surface area (TPSA) is 43.4 Å². The maximum absolute atomic E-state index is 11.7. The summed E-state index contributed by atoms with van der Waals surface area (Å²) in [7, 11) is 0. The van der Waals surface area contributed by atoms with Crippen molar-refractivity contribution >= 4 is 22.9 Å². The second kappa shape index (κ2) is 2.92. The first-order chi connectivity index (χ1) is 7.68. The number of Topliss-reactive ketones (excluding diaryl/α,β-unsaturated/α-hetero) is 1. The molecule has 0 aromatic heterocycles. The Hall–Kier alpha value is -2.16. The summed E-state index contributed by atoms with van der Waals surface area (Å²) in [5.74, 6) is -0.507. The van der Waals surface area contributed by atoms with Crippen molar-refractivity contribution in [3.05, 3.63) is 47.2 Å². The van der Waals surface area contributed by atoms with Crippen LogP contribution in [0, 0.1) is 0 Å². The van der Waals surface area contributed by atoms with E-state index in [1.54, 1.807) is 18.4 Å². The largest absolute Gasteiger partial charge is 0.464 e. The van der Waals surface area contributed by atoms with Crippen LogP contribution in [0.5, 0.6) is 0 Å². The molecule has 0 unspecified atom stereocenters. The number of carbonyl (C=O) groups excluding carboxylic acids is 2. The van der Waals surface area contributed by atoms with Crippen LogP contribution in [0.2, 0.25) is 0 Å². The Labute approximate surface area is 92.0 Å². The van der Waals surface area contributed by atoms with Gasteiger partial charge in [0.2, 0.25) is 11.6 Å². The summed E-state index contributed by atoms with van der Waals surface area (Å²) < 4.78 is 5.34. The van der Waals surface area contributed by atoms with Gasteiger partial charge in [0.1, 0.15) is 5.76 Å². The third-order valence-electron chi connectivity index (χ3n) is 2.83. The molecular formula is C13H8O3. The van der Waals surface area contributed by atoms with Crippen LogP contribution in [0.4, 0.5) is 0 Å². The van der Waals surface area contributed by atoms with Crippen molar-refractivity contribution < 1.29 is 14.3 Å². The molecule has 0 saturated heterocycles. The third-order valence-corrected chi connectivity index (χ3v) is 2.83. The van der Waals surface area contributed by atoms with E-state index in [0.717, 1.165) is 16.7 Å². The Morgan fingerprint density at radius 2 is 1.88 bits per heavy atom. The van der Waals surface area contributed by atoms with Gasteiger partial charge in [0.05, 0.1) is 6.26 Å². The van der Waals surface area contributed by atoms with Gasteiger partial charge in [-0.25, -0.2) is 0 Å². The standard InChI is InChI=1S/C13H8O3/c1-7-6-16-11-5-10(14)13(15)9-4-2-3-8(7)12(9)11/h2-6H,1H3. The fourth-order valence-corrected chi connectivity index (χ4v) is 2.03. The van der Waals surface area contributed by atoms with E-state index < -0.39 is 11.6 Å². The molecule has 3 heteroatoms. The average Bonchev–Trinajstić information content (AvgIpc) is 2.30. The zero-order valence-corrected chi connectivity index (χ0v) is 8.61. The molecule has 0 radical (unpaired) electrons. The quantitative estimate of drug-likeness (QED) is 0.619. The molecule has 1 heterocycles. The molecule has 0 amide bonds. The molecule has 1 aromatic rings. The number of allylic oxidation sites excluding steroid dienone is 2. The van der Waals surface area contributed by atoms with Crippen LogP contribution in [0.15, 0.2) is 30.5 Å². The molecule has 1 aromatic carbocycles. The van der Waals surface area contributed by atoms with Crippen molar-refractivity contribution in [2.75, 3.05) is 0 Å². The summed E-state index contributed by atoms with van der Waals surface area (Å²) >= 11 is 0. The van der Waals surface area contributed by atoms with Gasteiger partial charge in [0.25, 0.3) is 0 Å². The first kappa shape index (κ1) is 9.09. The molecule has 16 heavy (non-hydrogen) atoms. The van der Waals surface area contributed by atoms with Crippen molar-refractivity contribution in [3.63, 3.8) is 0 Å². The minimum atomic E-state index is -0.521. The highest BCUT2D eigenvalue weighted by atomic mass is 16.5. The van der Waals surface area contributed by atoms with Crippen LogP contribution in [0.25, 0.3) is 11.3 Å². The molecule has 0 spiro atoms. The summed E-state index contributed by atoms with van der Waals surface area (Å²) in [6, 6.07) is 5.36. The number of ether oxygens (including phenoxy) is 1. The smallest absolute Gasteiger partial charge is 0.233 e. The second-order valence-electron chi connectivity index (χ2n) is 3.85. The second-order valence-corrected chi connectivity index (χ2v) is 3.85. The van der Waals surface area contributed by atoms with E-state index in [4.69, 9.17) is 4.74 Å². The van der Waals surface area contributed by atoms with Crippen LogP contribution in [-0.2, 0) is 9.53 Å². The molecule has 1 aliphatic carbocycles. The van der Waals surface area contributed by atoms with Gasteiger partial charge in [-0.3, -0.25) is 9.59 Å². The van der Waals surface area contributed by atoms with E-state index in [1.807, 2.05) is 13.0 Å². The first-order valence-corrected chi connectivity index (χ1v) is 4.96. The van der Waals surface area contributed by atoms with Gasteiger partial charge in [-0.05, 0) is 18.1 Å². The lowest BCUT2D eigenvalue weighted by Gasteiger charge is -2.23. The van der Waals surface area contributed by atoms with Crippen molar-refractivity contribution in [2.45, 2.75) is 6.92 Å². The van der Waals surface area contributed by atoms with Crippen molar-refractivity contribution in [1.29, 1.82) is 0 Å². The normalized spacial score (nSPS) is 17.3. The van der Waals surface area contributed by atoms with Crippen LogP contribution < -0.4 is 0 Å². The lowest BCUT2D eigenvalue weighted by Crippen LogP contribution is -2.21. The summed E-state index contributed by atoms with van der Waals surface area (Å²) in [5.41, 5.74) is 3.09. The van der Waals surface area contributed by atoms with Crippen molar-refractivity contribution in [1.82, 2.24) is 0 Å². The molecule has 0 atom stereocenters. The van der Waals surface area contributed by atoms with Crippen molar-refractivity contribution in [2.24, 2.45) is 0 Å². The van der Waals surface area contributed by atoms with E-state index in [0.29, 0.717) is 11.3 Å². The van der Waals surface area contributed by atoms with Gasteiger partial charge in [0, 0.05) is 17.2 Å². The van der Waals surface area contributed by atoms with E-state index in [2.05, 4.69) is 0 Å². The average molecular weight is 212 g/mol. The number of benzene rings is 1. The predicted molar refractivity (Wildman–Crippen MR) is 58.5 cm³/mol. The highest BCUT2D eigenvalue weighted by molar-refractivity contribution is 6.50. The molecule has 2 aliphatic rings. The van der Waals surface area contributed by atoms with E-state index in [9.17, 15) is 9.59 Å². The lowest BCUT2D eigenvalue weighted by molar-refractivity contribution is -0.111. The minimum Gasteiger partial charge on any atom is -0.464 e. The highest BCUT2D eigenvalue weighted by Gasteiger charge is 2.30. The van der Waals surface area contributed by atoms with E-state index in [1.165, 1.54) is 6.08 Å². The summed E-state index contributed by atoms with van der Waals surface area (Å²) in [4.78, 5) is 23.1. The molecule has 0 saturated carbocycles. The Bertz CT molecular complexity index is 591. The number of hydrogen-bond acceptors (Lipinski definition) is 3. The minimum absolute atomic E-state index is 0.437. The Kier molecular flexibility index (Phi) is 1.66. The van der Waals surface area contributed by atoms with Crippen LogP contribution in [0.3, 0.4) is 0 Å². The maximum atomic E-state index is 11.7. The molecule has 0 fully saturated rings. The lowest BCUT2D eigenvalue weighted by atomic mass is 9.87. The summed E-state index contributed by atoms with van der Waals surface area (Å²) in [5, 5.41) is 0. The zero-order chi connectivity index (χ0) is 11.3. The summed E-state index contributed by atoms with van der Waals surface area (Å²) in [6.07, 6.45) is 2.86. The van der Waals surface area contributed by atoms with E-state index >= 15 is 0 Å². The molecule has 3 rings (SSSR count). The van der Waals surface area contributed by atoms with Crippen LogP contribution >= 0.6 is 0 Å². The van der Waals surface area contributed by atoms with Gasteiger partial charge in [-0.15, -0.1) is 0 Å². The first-order valence-electron chi connectivity index (χ1n) is 4.96. The zero-order valence-electron chi connectivity index (χ0n) is 8.61. The van der Waals surface area contributed by atoms with Gasteiger partial charge in [0.15, 0.2) is 0 Å². The molecular weight excluding hydrogens is 204 g/mol. The van der Waals surface area contributed by atoms with Gasteiger partial charge in [-0.2, -0.15) is 0 Å². The Morgan fingerprint density at radius 1 is 1.12 bits per heavy atom. The number of rotatable bonds is 0.